The average molecular weight is 438 g/mol. The van der Waals surface area contributed by atoms with Gasteiger partial charge in [0.05, 0.1) is 0 Å². The molecule has 0 aromatic heterocycles. The first-order chi connectivity index (χ1) is 14.7. The Kier molecular flexibility index (Phi) is 5.56. The summed E-state index contributed by atoms with van der Waals surface area (Å²) in [5.74, 6) is -0.735. The highest BCUT2D eigenvalue weighted by Gasteiger charge is 2.57. The van der Waals surface area contributed by atoms with Gasteiger partial charge in [-0.05, 0) is 44.9 Å². The number of thioether (sulfide) groups is 1. The average Bonchev–Trinajstić information content (AvgIpc) is 3.15. The van der Waals surface area contributed by atoms with Crippen molar-refractivity contribution in [1.82, 2.24) is 15.5 Å². The quantitative estimate of drug-likeness (QED) is 0.751. The zero-order chi connectivity index (χ0) is 22.3. The zero-order valence-corrected chi connectivity index (χ0v) is 18.9. The minimum absolute atomic E-state index is 0.0619. The van der Waals surface area contributed by atoms with Crippen molar-refractivity contribution >= 4 is 29.5 Å². The monoisotopic (exact) mass is 437 g/mol. The van der Waals surface area contributed by atoms with E-state index in [1.54, 1.807) is 22.7 Å². The van der Waals surface area contributed by atoms with Gasteiger partial charge < -0.3 is 15.5 Å². The molecule has 0 saturated carbocycles. The summed E-state index contributed by atoms with van der Waals surface area (Å²) in [5, 5.41) is 5.63. The Morgan fingerprint density at radius 1 is 1.00 bits per heavy atom. The fourth-order valence-electron chi connectivity index (χ4n) is 4.34. The lowest BCUT2D eigenvalue weighted by Crippen LogP contribution is -2.54. The van der Waals surface area contributed by atoms with E-state index < -0.39 is 16.8 Å². The summed E-state index contributed by atoms with van der Waals surface area (Å²) in [5.41, 5.74) is 2.29. The van der Waals surface area contributed by atoms with Crippen molar-refractivity contribution in [3.05, 3.63) is 71.3 Å². The number of nitrogens with one attached hydrogen (secondary N) is 2. The first-order valence-corrected chi connectivity index (χ1v) is 11.3. The van der Waals surface area contributed by atoms with Crippen molar-refractivity contribution in [2.45, 2.75) is 55.9 Å². The molecule has 0 aliphatic carbocycles. The molecule has 2 aliphatic heterocycles. The Balaban J connectivity index is 1.64. The number of amides is 3. The molecule has 7 heteroatoms. The maximum absolute atomic E-state index is 13.6. The van der Waals surface area contributed by atoms with Crippen LogP contribution in [0.1, 0.15) is 60.6 Å². The van der Waals surface area contributed by atoms with E-state index in [2.05, 4.69) is 10.6 Å². The standard InChI is InChI=1S/C24H27N3O3S/c1-14(2)25-20(28)18(15-10-6-5-7-11-15)26-21(29)19-24(3,4)31-23-17-13-9-8-12-16(17)22(30)27(19)23/h5-14,18-19,23H,1-4H3,(H,25,28)(H,26,29). The third-order valence-electron chi connectivity index (χ3n) is 5.66. The van der Waals surface area contributed by atoms with Gasteiger partial charge in [-0.2, -0.15) is 0 Å². The van der Waals surface area contributed by atoms with Gasteiger partial charge >= 0.3 is 0 Å². The van der Waals surface area contributed by atoms with Gasteiger partial charge in [0.1, 0.15) is 17.5 Å². The zero-order valence-electron chi connectivity index (χ0n) is 18.1. The maximum atomic E-state index is 13.6. The van der Waals surface area contributed by atoms with Gasteiger partial charge in [0.15, 0.2) is 0 Å². The molecular formula is C24H27N3O3S. The van der Waals surface area contributed by atoms with Crippen molar-refractivity contribution < 1.29 is 14.4 Å². The predicted molar refractivity (Wildman–Crippen MR) is 121 cm³/mol. The number of hydrogen-bond acceptors (Lipinski definition) is 4. The van der Waals surface area contributed by atoms with E-state index in [9.17, 15) is 14.4 Å². The molecule has 4 rings (SSSR count). The highest BCUT2D eigenvalue weighted by atomic mass is 32.2. The second-order valence-electron chi connectivity index (χ2n) is 8.79. The van der Waals surface area contributed by atoms with Crippen molar-refractivity contribution in [3.63, 3.8) is 0 Å². The van der Waals surface area contributed by atoms with Gasteiger partial charge in [0.25, 0.3) is 5.91 Å². The Labute approximate surface area is 186 Å². The molecule has 3 atom stereocenters. The van der Waals surface area contributed by atoms with Crippen molar-refractivity contribution in [1.29, 1.82) is 0 Å². The summed E-state index contributed by atoms with van der Waals surface area (Å²) >= 11 is 1.61. The lowest BCUT2D eigenvalue weighted by Gasteiger charge is -2.31. The molecule has 0 radical (unpaired) electrons. The summed E-state index contributed by atoms with van der Waals surface area (Å²) in [4.78, 5) is 41.3. The molecule has 2 heterocycles. The first kappa shape index (κ1) is 21.4. The van der Waals surface area contributed by atoms with Gasteiger partial charge in [-0.25, -0.2) is 0 Å². The van der Waals surface area contributed by atoms with Gasteiger partial charge in [-0.1, -0.05) is 48.5 Å². The number of nitrogens with zero attached hydrogens (tertiary/aromatic N) is 1. The molecular weight excluding hydrogens is 410 g/mol. The Morgan fingerprint density at radius 3 is 2.32 bits per heavy atom. The molecule has 2 N–H and O–H groups in total. The van der Waals surface area contributed by atoms with Crippen molar-refractivity contribution in [3.8, 4) is 0 Å². The molecule has 31 heavy (non-hydrogen) atoms. The van der Waals surface area contributed by atoms with Crippen molar-refractivity contribution in [2.75, 3.05) is 0 Å². The fourth-order valence-corrected chi connectivity index (χ4v) is 5.93. The van der Waals surface area contributed by atoms with Gasteiger partial charge in [-0.15, -0.1) is 11.8 Å². The SMILES string of the molecule is CC(C)NC(=O)C(NC(=O)C1N2C(=O)c3ccccc3C2SC1(C)C)c1ccccc1. The highest BCUT2D eigenvalue weighted by molar-refractivity contribution is 8.01. The van der Waals surface area contributed by atoms with Crippen LogP contribution in [0.3, 0.4) is 0 Å². The predicted octanol–water partition coefficient (Wildman–Crippen LogP) is 3.42. The summed E-state index contributed by atoms with van der Waals surface area (Å²) in [6.45, 7) is 7.70. The smallest absolute Gasteiger partial charge is 0.256 e. The molecule has 2 aromatic rings. The molecule has 3 unspecified atom stereocenters. The molecule has 2 aromatic carbocycles. The van der Waals surface area contributed by atoms with Crippen molar-refractivity contribution in [2.24, 2.45) is 0 Å². The van der Waals surface area contributed by atoms with Crippen LogP contribution < -0.4 is 10.6 Å². The minimum Gasteiger partial charge on any atom is -0.352 e. The maximum Gasteiger partial charge on any atom is 0.256 e. The lowest BCUT2D eigenvalue weighted by molar-refractivity contribution is -0.132. The largest absolute Gasteiger partial charge is 0.352 e. The van der Waals surface area contributed by atoms with Crippen LogP contribution in [0.2, 0.25) is 0 Å². The summed E-state index contributed by atoms with van der Waals surface area (Å²) < 4.78 is -0.506. The van der Waals surface area contributed by atoms with Gasteiger partial charge in [-0.3, -0.25) is 14.4 Å². The normalized spacial score (nSPS) is 22.1. The minimum atomic E-state index is -0.837. The van der Waals surface area contributed by atoms with E-state index >= 15 is 0 Å². The van der Waals surface area contributed by atoms with Crippen LogP contribution in [0.5, 0.6) is 0 Å². The van der Waals surface area contributed by atoms with Gasteiger partial charge in [0, 0.05) is 16.4 Å². The summed E-state index contributed by atoms with van der Waals surface area (Å²) in [7, 11) is 0. The van der Waals surface area contributed by atoms with E-state index in [0.29, 0.717) is 11.1 Å². The molecule has 1 saturated heterocycles. The Hall–Kier alpha value is -2.80. The van der Waals surface area contributed by atoms with Gasteiger partial charge in [0.2, 0.25) is 11.8 Å². The van der Waals surface area contributed by atoms with Crippen LogP contribution in [0.15, 0.2) is 54.6 Å². The molecule has 6 nitrogen and oxygen atoms in total. The number of fused-ring (bicyclic) bond motifs is 3. The van der Waals surface area contributed by atoms with Crippen LogP contribution in [0, 0.1) is 0 Å². The van der Waals surface area contributed by atoms with Crippen LogP contribution in [0.25, 0.3) is 0 Å². The fraction of sp³-hybridized carbons (Fsp3) is 0.375. The summed E-state index contributed by atoms with van der Waals surface area (Å²) in [6, 6.07) is 15.1. The van der Waals surface area contributed by atoms with Crippen LogP contribution in [-0.4, -0.2) is 39.5 Å². The van der Waals surface area contributed by atoms with E-state index in [1.165, 1.54) is 0 Å². The summed E-state index contributed by atoms with van der Waals surface area (Å²) in [6.07, 6.45) is 0. The molecule has 1 fully saturated rings. The third-order valence-corrected chi connectivity index (χ3v) is 7.19. The Bertz CT molecular complexity index is 1020. The highest BCUT2D eigenvalue weighted by Crippen LogP contribution is 2.56. The van der Waals surface area contributed by atoms with Crippen LogP contribution in [0.4, 0.5) is 0 Å². The second kappa shape index (κ2) is 8.04. The Morgan fingerprint density at radius 2 is 1.65 bits per heavy atom. The number of benzene rings is 2. The molecule has 162 valence electrons. The number of carbonyl (C=O) groups excluding carboxylic acids is 3. The second-order valence-corrected chi connectivity index (χ2v) is 10.5. The lowest BCUT2D eigenvalue weighted by atomic mass is 9.99. The molecule has 0 bridgehead atoms. The van der Waals surface area contributed by atoms with Crippen LogP contribution in [-0.2, 0) is 9.59 Å². The van der Waals surface area contributed by atoms with E-state index in [1.807, 2.05) is 76.2 Å². The first-order valence-electron chi connectivity index (χ1n) is 10.5. The van der Waals surface area contributed by atoms with Crippen LogP contribution >= 0.6 is 11.8 Å². The number of carbonyl (C=O) groups is 3. The van der Waals surface area contributed by atoms with E-state index in [4.69, 9.17) is 0 Å². The van der Waals surface area contributed by atoms with E-state index in [0.717, 1.165) is 5.56 Å². The third kappa shape index (κ3) is 3.83. The molecule has 3 amide bonds. The number of rotatable bonds is 5. The molecule has 2 aliphatic rings. The topological polar surface area (TPSA) is 78.5 Å². The molecule has 0 spiro atoms. The van der Waals surface area contributed by atoms with E-state index in [-0.39, 0.29) is 29.1 Å². The number of hydrogen-bond donors (Lipinski definition) is 2.